The molecule has 0 fully saturated rings. The van der Waals surface area contributed by atoms with Crippen LogP contribution in [0, 0.1) is 0 Å². The van der Waals surface area contributed by atoms with Crippen LogP contribution in [0.1, 0.15) is 30.0 Å². The van der Waals surface area contributed by atoms with Gasteiger partial charge in [0.2, 0.25) is 5.95 Å². The summed E-state index contributed by atoms with van der Waals surface area (Å²) in [5.74, 6) is 1.86. The number of nitrogens with zero attached hydrogens (tertiary/aromatic N) is 5. The Morgan fingerprint density at radius 1 is 0.471 bits per heavy atom. The van der Waals surface area contributed by atoms with Crippen molar-refractivity contribution in [1.82, 2.24) is 19.5 Å². The highest BCUT2D eigenvalue weighted by molar-refractivity contribution is 6.12. The molecule has 0 saturated carbocycles. The van der Waals surface area contributed by atoms with Crippen LogP contribution in [0.25, 0.3) is 94.7 Å². The van der Waals surface area contributed by atoms with Gasteiger partial charge < -0.3 is 4.90 Å². The average Bonchev–Trinajstić information content (AvgIpc) is 4.04. The van der Waals surface area contributed by atoms with Gasteiger partial charge in [0.25, 0.3) is 0 Å². The first-order valence-corrected chi connectivity index (χ1v) is 23.5. The summed E-state index contributed by atoms with van der Waals surface area (Å²) in [6.45, 7) is 2.43. The SMILES string of the molecule is CC12CC=CC=C1N(c1ccccc1)c1c2cc(-c2cccc3c2-c2cc(-c4ccc5c(c4)c4ccccc4n5-c4nc(-c5ccccc5)nc(-c5ccccc5)n4)ccc2C3)c2ccccc12. The molecule has 5 heteroatoms. The number of para-hydroxylation sites is 2. The fourth-order valence-corrected chi connectivity index (χ4v) is 11.4. The minimum Gasteiger partial charge on any atom is -0.312 e. The van der Waals surface area contributed by atoms with E-state index in [1.807, 2.05) is 36.4 Å². The van der Waals surface area contributed by atoms with E-state index in [1.54, 1.807) is 0 Å². The van der Waals surface area contributed by atoms with Crippen molar-refractivity contribution in [1.29, 1.82) is 0 Å². The quantitative estimate of drug-likeness (QED) is 0.167. The molecule has 9 aromatic carbocycles. The van der Waals surface area contributed by atoms with E-state index in [1.165, 1.54) is 77.9 Å². The first-order valence-electron chi connectivity index (χ1n) is 23.5. The summed E-state index contributed by atoms with van der Waals surface area (Å²) < 4.78 is 2.20. The Morgan fingerprint density at radius 3 is 1.88 bits per heavy atom. The minimum atomic E-state index is -0.165. The summed E-state index contributed by atoms with van der Waals surface area (Å²) in [5.41, 5.74) is 19.3. The molecule has 0 saturated heterocycles. The van der Waals surface area contributed by atoms with E-state index in [9.17, 15) is 0 Å². The van der Waals surface area contributed by atoms with Gasteiger partial charge in [-0.2, -0.15) is 9.97 Å². The predicted octanol–water partition coefficient (Wildman–Crippen LogP) is 15.6. The van der Waals surface area contributed by atoms with Gasteiger partial charge in [0, 0.05) is 44.1 Å². The first-order chi connectivity index (χ1) is 33.6. The summed E-state index contributed by atoms with van der Waals surface area (Å²) in [7, 11) is 0. The predicted molar refractivity (Wildman–Crippen MR) is 279 cm³/mol. The van der Waals surface area contributed by atoms with Crippen LogP contribution in [0.4, 0.5) is 11.4 Å². The van der Waals surface area contributed by atoms with Crippen molar-refractivity contribution in [3.05, 3.63) is 241 Å². The van der Waals surface area contributed by atoms with Crippen molar-refractivity contribution in [3.63, 3.8) is 0 Å². The van der Waals surface area contributed by atoms with Crippen LogP contribution >= 0.6 is 0 Å². The molecule has 2 aliphatic carbocycles. The van der Waals surface area contributed by atoms with Gasteiger partial charge in [-0.25, -0.2) is 4.98 Å². The highest BCUT2D eigenvalue weighted by Gasteiger charge is 2.46. The summed E-state index contributed by atoms with van der Waals surface area (Å²) in [5, 5.41) is 4.85. The van der Waals surface area contributed by atoms with E-state index in [-0.39, 0.29) is 5.41 Å². The third kappa shape index (κ3) is 5.78. The lowest BCUT2D eigenvalue weighted by Crippen LogP contribution is -2.26. The maximum atomic E-state index is 5.16. The molecular formula is C63H43N5. The maximum absolute atomic E-state index is 5.16. The number of fused-ring (bicyclic) bond motifs is 11. The molecule has 1 atom stereocenters. The van der Waals surface area contributed by atoms with E-state index in [2.05, 4.69) is 198 Å². The summed E-state index contributed by atoms with van der Waals surface area (Å²) in [6, 6.07) is 72.3. The first kappa shape index (κ1) is 38.6. The number of rotatable bonds is 6. The molecular weight excluding hydrogens is 827 g/mol. The van der Waals surface area contributed by atoms with Gasteiger partial charge in [0.05, 0.1) is 16.7 Å². The van der Waals surface area contributed by atoms with Crippen molar-refractivity contribution in [3.8, 4) is 62.1 Å². The van der Waals surface area contributed by atoms with Crippen molar-refractivity contribution in [2.75, 3.05) is 4.90 Å². The van der Waals surface area contributed by atoms with Gasteiger partial charge in [0.15, 0.2) is 11.6 Å². The van der Waals surface area contributed by atoms with Crippen LogP contribution < -0.4 is 4.90 Å². The second-order valence-corrected chi connectivity index (χ2v) is 18.5. The Balaban J connectivity index is 0.917. The highest BCUT2D eigenvalue weighted by Crippen LogP contribution is 2.59. The Hall–Kier alpha value is -8.67. The molecule has 5 nitrogen and oxygen atoms in total. The van der Waals surface area contributed by atoms with Crippen LogP contribution in [0.3, 0.4) is 0 Å². The van der Waals surface area contributed by atoms with E-state index in [4.69, 9.17) is 15.0 Å². The molecule has 0 amide bonds. The van der Waals surface area contributed by atoms with Crippen LogP contribution in [-0.2, 0) is 11.8 Å². The van der Waals surface area contributed by atoms with Gasteiger partial charge in [-0.3, -0.25) is 4.57 Å². The largest absolute Gasteiger partial charge is 0.312 e. The zero-order valence-electron chi connectivity index (χ0n) is 37.4. The molecule has 1 unspecified atom stereocenters. The number of allylic oxidation sites excluding steroid dienone is 4. The van der Waals surface area contributed by atoms with Gasteiger partial charge in [-0.05, 0) is 124 Å². The molecule has 3 aliphatic rings. The number of benzene rings is 9. The summed E-state index contributed by atoms with van der Waals surface area (Å²) in [6.07, 6.45) is 8.75. The standard InChI is InChI=1S/C63H43N5/c1-63-35-16-15-30-57(63)67(46-23-9-4-10-24-46)59-50-27-12-11-25-47(50)52(39-54(59)63)49-28-17-22-45-36-44-32-31-42(37-51(44)58(45)49)43-33-34-56-53(38-43)48-26-13-14-29-55(48)68(56)62-65-60(40-18-5-2-6-19-40)64-61(66-62)41-20-7-3-8-21-41/h2-34,37-39H,35-36H2,1H3. The van der Waals surface area contributed by atoms with Gasteiger partial charge in [-0.1, -0.05) is 170 Å². The number of hydrogen-bond acceptors (Lipinski definition) is 4. The lowest BCUT2D eigenvalue weighted by molar-refractivity contribution is 0.577. The van der Waals surface area contributed by atoms with E-state index in [0.29, 0.717) is 17.6 Å². The molecule has 0 spiro atoms. The van der Waals surface area contributed by atoms with Crippen LogP contribution in [0.15, 0.2) is 224 Å². The highest BCUT2D eigenvalue weighted by atomic mass is 15.2. The topological polar surface area (TPSA) is 46.8 Å². The van der Waals surface area contributed by atoms with Crippen LogP contribution in [0.2, 0.25) is 0 Å². The molecule has 0 N–H and O–H groups in total. The average molecular weight is 870 g/mol. The zero-order chi connectivity index (χ0) is 44.9. The Labute approximate surface area is 394 Å². The van der Waals surface area contributed by atoms with Crippen molar-refractivity contribution in [2.45, 2.75) is 25.2 Å². The van der Waals surface area contributed by atoms with Crippen molar-refractivity contribution in [2.24, 2.45) is 0 Å². The van der Waals surface area contributed by atoms with Gasteiger partial charge in [0.1, 0.15) is 0 Å². The van der Waals surface area contributed by atoms with Crippen LogP contribution in [-0.4, -0.2) is 19.5 Å². The van der Waals surface area contributed by atoms with Crippen LogP contribution in [0.5, 0.6) is 0 Å². The minimum absolute atomic E-state index is 0.165. The fourth-order valence-electron chi connectivity index (χ4n) is 11.4. The second-order valence-electron chi connectivity index (χ2n) is 18.5. The molecule has 0 radical (unpaired) electrons. The lowest BCUT2D eigenvalue weighted by atomic mass is 9.75. The Bertz CT molecular complexity index is 3870. The Morgan fingerprint density at radius 2 is 1.12 bits per heavy atom. The van der Waals surface area contributed by atoms with Crippen molar-refractivity contribution >= 4 is 44.0 Å². The maximum Gasteiger partial charge on any atom is 0.238 e. The van der Waals surface area contributed by atoms with E-state index < -0.39 is 0 Å². The molecule has 3 heterocycles. The number of anilines is 2. The molecule has 0 bridgehead atoms. The Kier molecular flexibility index (Phi) is 8.47. The molecule has 320 valence electrons. The summed E-state index contributed by atoms with van der Waals surface area (Å²) in [4.78, 5) is 17.8. The monoisotopic (exact) mass is 869 g/mol. The summed E-state index contributed by atoms with van der Waals surface area (Å²) >= 11 is 0. The van der Waals surface area contributed by atoms with Crippen molar-refractivity contribution < 1.29 is 0 Å². The van der Waals surface area contributed by atoms with E-state index in [0.717, 1.165) is 45.8 Å². The molecule has 68 heavy (non-hydrogen) atoms. The second kappa shape index (κ2) is 14.9. The van der Waals surface area contributed by atoms with E-state index >= 15 is 0 Å². The fraction of sp³-hybridized carbons (Fsp3) is 0.0635. The van der Waals surface area contributed by atoms with Gasteiger partial charge in [-0.15, -0.1) is 0 Å². The zero-order valence-corrected chi connectivity index (χ0v) is 37.4. The number of hydrogen-bond donors (Lipinski definition) is 0. The van der Waals surface area contributed by atoms with Gasteiger partial charge >= 0.3 is 0 Å². The molecule has 11 aromatic rings. The molecule has 1 aliphatic heterocycles. The molecule has 14 rings (SSSR count). The third-order valence-electron chi connectivity index (χ3n) is 14.7. The third-order valence-corrected chi connectivity index (χ3v) is 14.7. The lowest BCUT2D eigenvalue weighted by Gasteiger charge is -2.31. The smallest absolute Gasteiger partial charge is 0.238 e. The number of aromatic nitrogens is 4. The normalized spacial score (nSPS) is 15.7. The molecule has 2 aromatic heterocycles.